The summed E-state index contributed by atoms with van der Waals surface area (Å²) in [5, 5.41) is 11.0. The van der Waals surface area contributed by atoms with Crippen LogP contribution in [0, 0.1) is 59.2 Å². The zero-order valence-corrected chi connectivity index (χ0v) is 15.2. The molecule has 1 N–H and O–H groups in total. The van der Waals surface area contributed by atoms with Crippen molar-refractivity contribution in [2.45, 2.75) is 76.1 Å². The molecule has 3 heteroatoms. The van der Waals surface area contributed by atoms with Gasteiger partial charge in [0, 0.05) is 11.8 Å². The summed E-state index contributed by atoms with van der Waals surface area (Å²) in [4.78, 5) is 11.4. The summed E-state index contributed by atoms with van der Waals surface area (Å²) in [7, 11) is 0. The van der Waals surface area contributed by atoms with Crippen LogP contribution in [0.2, 0.25) is 0 Å². The molecule has 25 heavy (non-hydrogen) atoms. The van der Waals surface area contributed by atoms with Gasteiger partial charge in [-0.2, -0.15) is 0 Å². The molecule has 1 aliphatic heterocycles. The Morgan fingerprint density at radius 2 is 0.920 bits per heavy atom. The van der Waals surface area contributed by atoms with Gasteiger partial charge in [0.15, 0.2) is 5.60 Å². The molecular formula is C22H32O3. The molecule has 9 fully saturated rings. The summed E-state index contributed by atoms with van der Waals surface area (Å²) in [5.74, 6) is 8.26. The fourth-order valence-corrected chi connectivity index (χ4v) is 10.2. The lowest BCUT2D eigenvalue weighted by Crippen LogP contribution is -2.73. The Labute approximate surface area is 150 Å². The van der Waals surface area contributed by atoms with Gasteiger partial charge in [-0.25, -0.2) is 9.78 Å². The third kappa shape index (κ3) is 1.79. The molecule has 1 atom stereocenters. The van der Waals surface area contributed by atoms with E-state index in [1.165, 1.54) is 64.2 Å². The van der Waals surface area contributed by atoms with E-state index >= 15 is 0 Å². The highest BCUT2D eigenvalue weighted by Gasteiger charge is 2.71. The van der Waals surface area contributed by atoms with E-state index < -0.39 is 6.29 Å². The van der Waals surface area contributed by atoms with Crippen LogP contribution in [0.5, 0.6) is 0 Å². The van der Waals surface area contributed by atoms with Crippen LogP contribution in [0.4, 0.5) is 0 Å². The summed E-state index contributed by atoms with van der Waals surface area (Å²) in [6.45, 7) is 0. The van der Waals surface area contributed by atoms with Crippen molar-refractivity contribution in [3.63, 3.8) is 0 Å². The van der Waals surface area contributed by atoms with Crippen molar-refractivity contribution in [2.24, 2.45) is 59.2 Å². The van der Waals surface area contributed by atoms with Gasteiger partial charge in [0.05, 0.1) is 0 Å². The van der Waals surface area contributed by atoms with Gasteiger partial charge in [-0.15, -0.1) is 0 Å². The lowest BCUT2D eigenvalue weighted by molar-refractivity contribution is -0.588. The quantitative estimate of drug-likeness (QED) is 0.765. The lowest BCUT2D eigenvalue weighted by Gasteiger charge is -2.68. The molecule has 0 aromatic carbocycles. The predicted molar refractivity (Wildman–Crippen MR) is 92.0 cm³/mol. The normalized spacial score (nSPS) is 66.8. The number of aliphatic hydroxyl groups excluding tert-OH is 1. The summed E-state index contributed by atoms with van der Waals surface area (Å²) < 4.78 is 0. The van der Waals surface area contributed by atoms with Gasteiger partial charge in [0.2, 0.25) is 6.29 Å². The topological polar surface area (TPSA) is 38.7 Å². The maximum atomic E-state index is 11.0. The van der Waals surface area contributed by atoms with Crippen LogP contribution in [0.25, 0.3) is 0 Å². The number of hydrogen-bond acceptors (Lipinski definition) is 3. The van der Waals surface area contributed by atoms with Gasteiger partial charge in [0.1, 0.15) is 0 Å². The number of hydrogen-bond donors (Lipinski definition) is 1. The standard InChI is InChI=1S/C22H32O3/c23-21-22(25-24-21,19-15-3-11-1-12(5-15)6-16(19)4-11)20-17-7-13-2-14(9-17)10-18(20)8-13/h11-21,23H,1-10H2. The van der Waals surface area contributed by atoms with Crippen LogP contribution in [0.3, 0.4) is 0 Å². The van der Waals surface area contributed by atoms with Crippen LogP contribution in [-0.2, 0) is 9.78 Å². The van der Waals surface area contributed by atoms with Gasteiger partial charge in [0.25, 0.3) is 0 Å². The maximum Gasteiger partial charge on any atom is 0.221 e. The van der Waals surface area contributed by atoms with E-state index in [0.29, 0.717) is 11.8 Å². The Hall–Kier alpha value is -0.120. The van der Waals surface area contributed by atoms with E-state index in [2.05, 4.69) is 0 Å². The fraction of sp³-hybridized carbons (Fsp3) is 1.00. The van der Waals surface area contributed by atoms with Crippen molar-refractivity contribution < 1.29 is 14.9 Å². The van der Waals surface area contributed by atoms with Crippen molar-refractivity contribution in [3.8, 4) is 0 Å². The van der Waals surface area contributed by atoms with E-state index in [9.17, 15) is 5.11 Å². The average molecular weight is 344 g/mol. The molecule has 8 aliphatic carbocycles. The third-order valence-electron chi connectivity index (χ3n) is 10.2. The SMILES string of the molecule is OC1OOC1(C1C2CC3CC(C2)CC1C3)C1C2CC3CC(C2)CC1C3. The molecule has 1 saturated heterocycles. The van der Waals surface area contributed by atoms with E-state index in [0.717, 1.165) is 47.3 Å². The molecule has 1 unspecified atom stereocenters. The molecule has 9 rings (SSSR count). The van der Waals surface area contributed by atoms with Crippen molar-refractivity contribution in [2.75, 3.05) is 0 Å². The van der Waals surface area contributed by atoms with Crippen LogP contribution in [0.1, 0.15) is 64.2 Å². The highest BCUT2D eigenvalue weighted by atomic mass is 17.3. The maximum absolute atomic E-state index is 11.0. The molecule has 9 aliphatic rings. The molecule has 0 aromatic heterocycles. The Morgan fingerprint density at radius 1 is 0.560 bits per heavy atom. The first kappa shape index (κ1) is 14.9. The van der Waals surface area contributed by atoms with E-state index in [1.54, 1.807) is 0 Å². The van der Waals surface area contributed by atoms with Crippen molar-refractivity contribution in [3.05, 3.63) is 0 Å². The third-order valence-corrected chi connectivity index (χ3v) is 10.2. The minimum Gasteiger partial charge on any atom is -0.363 e. The second kappa shape index (κ2) is 4.83. The first-order chi connectivity index (χ1) is 12.2. The molecule has 8 bridgehead atoms. The summed E-state index contributed by atoms with van der Waals surface area (Å²) in [5.41, 5.74) is -0.342. The summed E-state index contributed by atoms with van der Waals surface area (Å²) in [6, 6.07) is 0. The number of rotatable bonds is 2. The van der Waals surface area contributed by atoms with Gasteiger partial charge in [-0.05, 0) is 112 Å². The summed E-state index contributed by atoms with van der Waals surface area (Å²) in [6.07, 6.45) is 13.6. The van der Waals surface area contributed by atoms with E-state index in [1.807, 2.05) is 0 Å². The van der Waals surface area contributed by atoms with E-state index in [4.69, 9.17) is 9.78 Å². The smallest absolute Gasteiger partial charge is 0.221 e. The highest BCUT2D eigenvalue weighted by Crippen LogP contribution is 2.68. The largest absolute Gasteiger partial charge is 0.363 e. The molecule has 0 radical (unpaired) electrons. The minimum atomic E-state index is -0.655. The first-order valence-corrected chi connectivity index (χ1v) is 11.2. The predicted octanol–water partition coefficient (Wildman–Crippen LogP) is 4.15. The zero-order chi connectivity index (χ0) is 16.3. The lowest BCUT2D eigenvalue weighted by atomic mass is 9.42. The van der Waals surface area contributed by atoms with Gasteiger partial charge < -0.3 is 5.11 Å². The molecule has 1 heterocycles. The molecule has 0 spiro atoms. The molecule has 138 valence electrons. The van der Waals surface area contributed by atoms with Gasteiger partial charge >= 0.3 is 0 Å². The second-order valence-electron chi connectivity index (χ2n) is 11.3. The van der Waals surface area contributed by atoms with Crippen LogP contribution < -0.4 is 0 Å². The fourth-order valence-electron chi connectivity index (χ4n) is 10.2. The van der Waals surface area contributed by atoms with Crippen molar-refractivity contribution >= 4 is 0 Å². The Bertz CT molecular complexity index is 488. The average Bonchev–Trinajstić information content (AvgIpc) is 2.56. The van der Waals surface area contributed by atoms with Crippen LogP contribution >= 0.6 is 0 Å². The summed E-state index contributed by atoms with van der Waals surface area (Å²) >= 11 is 0. The molecular weight excluding hydrogens is 312 g/mol. The first-order valence-electron chi connectivity index (χ1n) is 11.2. The second-order valence-corrected chi connectivity index (χ2v) is 11.3. The zero-order valence-electron chi connectivity index (χ0n) is 15.2. The Morgan fingerprint density at radius 3 is 1.16 bits per heavy atom. The molecule has 0 amide bonds. The molecule has 0 aromatic rings. The van der Waals surface area contributed by atoms with Crippen LogP contribution in [-0.4, -0.2) is 17.0 Å². The van der Waals surface area contributed by atoms with Crippen molar-refractivity contribution in [1.82, 2.24) is 0 Å². The van der Waals surface area contributed by atoms with Crippen molar-refractivity contribution in [1.29, 1.82) is 0 Å². The molecule has 3 nitrogen and oxygen atoms in total. The minimum absolute atomic E-state index is 0.342. The van der Waals surface area contributed by atoms with E-state index in [-0.39, 0.29) is 5.60 Å². The van der Waals surface area contributed by atoms with Gasteiger partial charge in [-0.3, -0.25) is 0 Å². The van der Waals surface area contributed by atoms with Crippen LogP contribution in [0.15, 0.2) is 0 Å². The monoisotopic (exact) mass is 344 g/mol. The molecule has 8 saturated carbocycles. The Kier molecular flexibility index (Phi) is 2.87. The van der Waals surface area contributed by atoms with Gasteiger partial charge in [-0.1, -0.05) is 0 Å². The number of aliphatic hydroxyl groups is 1. The Balaban J connectivity index is 1.29. The highest BCUT2D eigenvalue weighted by molar-refractivity contribution is 5.14.